The third-order valence-electron chi connectivity index (χ3n) is 3.22. The summed E-state index contributed by atoms with van der Waals surface area (Å²) < 4.78 is 45.9. The van der Waals surface area contributed by atoms with Gasteiger partial charge in [0.15, 0.2) is 11.5 Å². The minimum absolute atomic E-state index is 0.0802. The highest BCUT2D eigenvalue weighted by atomic mass is 19.3. The van der Waals surface area contributed by atoms with Crippen LogP contribution in [0.5, 0.6) is 17.2 Å². The fourth-order valence-corrected chi connectivity index (χ4v) is 2.31. The number of ether oxygens (including phenoxy) is 4. The second kappa shape index (κ2) is 5.14. The third kappa shape index (κ3) is 3.40. The van der Waals surface area contributed by atoms with Gasteiger partial charge in [-0.3, -0.25) is 0 Å². The molecule has 1 aromatic rings. The molecule has 0 saturated carbocycles. The molecule has 1 amide bonds. The standard InChI is InChI=1S/C15H17F2NO5/c1-14(2,3)23-13(19)18-4-5-20-10-7-12-11(6-9(10)8-18)21-15(16,17)22-12/h6-7H,4-5,8H2,1-3H3. The van der Waals surface area contributed by atoms with E-state index in [1.807, 2.05) is 0 Å². The highest BCUT2D eigenvalue weighted by Crippen LogP contribution is 2.45. The van der Waals surface area contributed by atoms with Crippen LogP contribution in [0.3, 0.4) is 0 Å². The summed E-state index contributed by atoms with van der Waals surface area (Å²) in [5.74, 6) is 0.221. The Morgan fingerprint density at radius 3 is 2.52 bits per heavy atom. The molecule has 0 radical (unpaired) electrons. The number of rotatable bonds is 0. The van der Waals surface area contributed by atoms with Crippen LogP contribution in [0.1, 0.15) is 26.3 Å². The number of carbonyl (C=O) groups is 1. The summed E-state index contributed by atoms with van der Waals surface area (Å²) in [6.45, 7) is 6.04. The number of halogens is 2. The van der Waals surface area contributed by atoms with Crippen molar-refractivity contribution >= 4 is 6.09 Å². The highest BCUT2D eigenvalue weighted by molar-refractivity contribution is 5.68. The van der Waals surface area contributed by atoms with Crippen molar-refractivity contribution < 1.29 is 32.5 Å². The average molecular weight is 329 g/mol. The van der Waals surface area contributed by atoms with Crippen molar-refractivity contribution in [2.75, 3.05) is 13.2 Å². The fourth-order valence-electron chi connectivity index (χ4n) is 2.31. The van der Waals surface area contributed by atoms with Crippen LogP contribution >= 0.6 is 0 Å². The van der Waals surface area contributed by atoms with Gasteiger partial charge in [-0.25, -0.2) is 4.79 Å². The van der Waals surface area contributed by atoms with E-state index in [-0.39, 0.29) is 24.7 Å². The zero-order chi connectivity index (χ0) is 16.8. The van der Waals surface area contributed by atoms with Crippen molar-refractivity contribution in [2.45, 2.75) is 39.2 Å². The zero-order valence-corrected chi connectivity index (χ0v) is 13.0. The van der Waals surface area contributed by atoms with Gasteiger partial charge in [0.2, 0.25) is 0 Å². The van der Waals surface area contributed by atoms with E-state index < -0.39 is 18.0 Å². The molecule has 1 aromatic carbocycles. The maximum absolute atomic E-state index is 13.1. The second-order valence-corrected chi connectivity index (χ2v) is 6.32. The molecule has 2 aliphatic heterocycles. The van der Waals surface area contributed by atoms with Crippen LogP contribution in [-0.4, -0.2) is 36.0 Å². The molecule has 0 spiro atoms. The third-order valence-corrected chi connectivity index (χ3v) is 3.22. The lowest BCUT2D eigenvalue weighted by Gasteiger charge is -2.26. The van der Waals surface area contributed by atoms with Gasteiger partial charge in [0.1, 0.15) is 18.0 Å². The van der Waals surface area contributed by atoms with Gasteiger partial charge < -0.3 is 23.8 Å². The van der Waals surface area contributed by atoms with Gasteiger partial charge in [-0.15, -0.1) is 8.78 Å². The molecule has 8 heteroatoms. The number of fused-ring (bicyclic) bond motifs is 2. The summed E-state index contributed by atoms with van der Waals surface area (Å²) in [6, 6.07) is 2.75. The van der Waals surface area contributed by atoms with Crippen molar-refractivity contribution in [3.05, 3.63) is 17.7 Å². The zero-order valence-electron chi connectivity index (χ0n) is 13.0. The number of hydrogen-bond acceptors (Lipinski definition) is 5. The Kier molecular flexibility index (Phi) is 3.50. The average Bonchev–Trinajstić information content (AvgIpc) is 2.55. The van der Waals surface area contributed by atoms with E-state index in [1.54, 1.807) is 20.8 Å². The summed E-state index contributed by atoms with van der Waals surface area (Å²) in [5.41, 5.74) is -0.0716. The molecular weight excluding hydrogens is 312 g/mol. The molecule has 0 saturated heterocycles. The summed E-state index contributed by atoms with van der Waals surface area (Å²) >= 11 is 0. The number of amides is 1. The molecule has 6 nitrogen and oxygen atoms in total. The fraction of sp³-hybridized carbons (Fsp3) is 0.533. The van der Waals surface area contributed by atoms with Gasteiger partial charge >= 0.3 is 12.4 Å². The van der Waals surface area contributed by atoms with Crippen LogP contribution in [0.2, 0.25) is 0 Å². The van der Waals surface area contributed by atoms with Crippen LogP contribution in [-0.2, 0) is 11.3 Å². The van der Waals surface area contributed by atoms with Crippen molar-refractivity contribution in [1.29, 1.82) is 0 Å². The van der Waals surface area contributed by atoms with Crippen molar-refractivity contribution in [2.24, 2.45) is 0 Å². The Balaban J connectivity index is 1.82. The molecule has 0 bridgehead atoms. The number of nitrogens with zero attached hydrogens (tertiary/aromatic N) is 1. The predicted molar refractivity (Wildman–Crippen MR) is 74.8 cm³/mol. The van der Waals surface area contributed by atoms with E-state index in [0.717, 1.165) is 0 Å². The van der Waals surface area contributed by atoms with E-state index >= 15 is 0 Å². The molecule has 126 valence electrons. The van der Waals surface area contributed by atoms with Crippen LogP contribution in [0.15, 0.2) is 12.1 Å². The van der Waals surface area contributed by atoms with Crippen molar-refractivity contribution in [1.82, 2.24) is 4.90 Å². The first-order valence-corrected chi connectivity index (χ1v) is 7.16. The molecule has 0 aromatic heterocycles. The Labute approximate surface area is 131 Å². The summed E-state index contributed by atoms with van der Waals surface area (Å²) in [6.07, 6.45) is -4.18. The van der Waals surface area contributed by atoms with Crippen LogP contribution in [0.25, 0.3) is 0 Å². The second-order valence-electron chi connectivity index (χ2n) is 6.32. The molecule has 0 fully saturated rings. The first-order chi connectivity index (χ1) is 10.6. The first kappa shape index (κ1) is 15.6. The van der Waals surface area contributed by atoms with Crippen molar-refractivity contribution in [3.8, 4) is 17.2 Å². The Morgan fingerprint density at radius 2 is 1.87 bits per heavy atom. The number of carbonyl (C=O) groups excluding carboxylic acids is 1. The molecule has 0 atom stereocenters. The summed E-state index contributed by atoms with van der Waals surface area (Å²) in [5, 5.41) is 0. The van der Waals surface area contributed by atoms with Gasteiger partial charge in [0, 0.05) is 11.6 Å². The number of alkyl halides is 2. The van der Waals surface area contributed by atoms with E-state index in [1.165, 1.54) is 17.0 Å². The lowest BCUT2D eigenvalue weighted by Crippen LogP contribution is -2.37. The molecule has 2 aliphatic rings. The molecule has 0 N–H and O–H groups in total. The molecule has 0 unspecified atom stereocenters. The molecule has 23 heavy (non-hydrogen) atoms. The highest BCUT2D eigenvalue weighted by Gasteiger charge is 2.44. The first-order valence-electron chi connectivity index (χ1n) is 7.16. The molecule has 2 heterocycles. The van der Waals surface area contributed by atoms with E-state index in [2.05, 4.69) is 9.47 Å². The van der Waals surface area contributed by atoms with Crippen LogP contribution in [0.4, 0.5) is 13.6 Å². The Morgan fingerprint density at radius 1 is 1.22 bits per heavy atom. The maximum Gasteiger partial charge on any atom is 0.586 e. The van der Waals surface area contributed by atoms with E-state index in [4.69, 9.17) is 9.47 Å². The minimum atomic E-state index is -3.69. The van der Waals surface area contributed by atoms with Gasteiger partial charge in [0.05, 0.1) is 13.1 Å². The number of hydrogen-bond donors (Lipinski definition) is 0. The predicted octanol–water partition coefficient (Wildman–Crippen LogP) is 3.14. The van der Waals surface area contributed by atoms with Gasteiger partial charge in [-0.05, 0) is 26.8 Å². The van der Waals surface area contributed by atoms with Crippen LogP contribution < -0.4 is 14.2 Å². The van der Waals surface area contributed by atoms with Gasteiger partial charge in [0.25, 0.3) is 0 Å². The summed E-state index contributed by atoms with van der Waals surface area (Å²) in [4.78, 5) is 13.6. The molecular formula is C15H17F2NO5. The minimum Gasteiger partial charge on any atom is -0.491 e. The van der Waals surface area contributed by atoms with Gasteiger partial charge in [-0.1, -0.05) is 0 Å². The Bertz CT molecular complexity index is 641. The summed E-state index contributed by atoms with van der Waals surface area (Å²) in [7, 11) is 0. The maximum atomic E-state index is 13.1. The Hall–Kier alpha value is -2.25. The van der Waals surface area contributed by atoms with E-state index in [0.29, 0.717) is 17.9 Å². The number of benzene rings is 1. The smallest absolute Gasteiger partial charge is 0.491 e. The van der Waals surface area contributed by atoms with Crippen LogP contribution in [0, 0.1) is 0 Å². The quantitative estimate of drug-likeness (QED) is 0.732. The lowest BCUT2D eigenvalue weighted by molar-refractivity contribution is -0.286. The topological polar surface area (TPSA) is 57.2 Å². The lowest BCUT2D eigenvalue weighted by atomic mass is 10.1. The largest absolute Gasteiger partial charge is 0.586 e. The monoisotopic (exact) mass is 329 g/mol. The SMILES string of the molecule is CC(C)(C)OC(=O)N1CCOc2cc3c(cc2C1)OC(F)(F)O3. The van der Waals surface area contributed by atoms with Gasteiger partial charge in [-0.2, -0.15) is 0 Å². The van der Waals surface area contributed by atoms with Crippen molar-refractivity contribution in [3.63, 3.8) is 0 Å². The van der Waals surface area contributed by atoms with E-state index in [9.17, 15) is 13.6 Å². The molecule has 0 aliphatic carbocycles. The molecule has 3 rings (SSSR count). The normalized spacial score (nSPS) is 18.7.